The molecule has 1 aliphatic rings. The van der Waals surface area contributed by atoms with Crippen LogP contribution in [0.4, 0.5) is 5.82 Å². The molecule has 1 amide bonds. The maximum absolute atomic E-state index is 11.4. The SMILES string of the molecule is Cc1cc(N2CCCC2=O)ncn1. The molecule has 0 bridgehead atoms. The van der Waals surface area contributed by atoms with E-state index in [2.05, 4.69) is 9.97 Å². The van der Waals surface area contributed by atoms with Gasteiger partial charge in [-0.1, -0.05) is 0 Å². The van der Waals surface area contributed by atoms with Crippen molar-refractivity contribution < 1.29 is 4.79 Å². The van der Waals surface area contributed by atoms with E-state index in [-0.39, 0.29) is 5.91 Å². The molecule has 1 aromatic heterocycles. The fourth-order valence-electron chi connectivity index (χ4n) is 1.48. The number of amides is 1. The van der Waals surface area contributed by atoms with Gasteiger partial charge in [0, 0.05) is 24.7 Å². The van der Waals surface area contributed by atoms with Gasteiger partial charge >= 0.3 is 0 Å². The highest BCUT2D eigenvalue weighted by Gasteiger charge is 2.22. The molecule has 2 rings (SSSR count). The molecular weight excluding hydrogens is 166 g/mol. The minimum atomic E-state index is 0.165. The van der Waals surface area contributed by atoms with Gasteiger partial charge in [-0.2, -0.15) is 0 Å². The Kier molecular flexibility index (Phi) is 1.96. The molecule has 1 aromatic rings. The third-order valence-electron chi connectivity index (χ3n) is 2.14. The fourth-order valence-corrected chi connectivity index (χ4v) is 1.48. The van der Waals surface area contributed by atoms with Crippen molar-refractivity contribution in [2.45, 2.75) is 19.8 Å². The second-order valence-corrected chi connectivity index (χ2v) is 3.17. The number of aryl methyl sites for hydroxylation is 1. The highest BCUT2D eigenvalue weighted by molar-refractivity contribution is 5.94. The second-order valence-electron chi connectivity index (χ2n) is 3.17. The third-order valence-corrected chi connectivity index (χ3v) is 2.14. The number of carbonyl (C=O) groups excluding carboxylic acids is 1. The van der Waals surface area contributed by atoms with Gasteiger partial charge in [0.05, 0.1) is 0 Å². The van der Waals surface area contributed by atoms with Crippen molar-refractivity contribution in [1.82, 2.24) is 9.97 Å². The summed E-state index contributed by atoms with van der Waals surface area (Å²) in [5.41, 5.74) is 0.893. The minimum Gasteiger partial charge on any atom is -0.297 e. The molecule has 1 fully saturated rings. The molecule has 13 heavy (non-hydrogen) atoms. The van der Waals surface area contributed by atoms with Crippen LogP contribution in [0.5, 0.6) is 0 Å². The standard InChI is InChI=1S/C9H11N3O/c1-7-5-8(11-6-10-7)12-4-2-3-9(12)13/h5-6H,2-4H2,1H3. The summed E-state index contributed by atoms with van der Waals surface area (Å²) in [4.78, 5) is 21.1. The Morgan fingerprint density at radius 2 is 2.31 bits per heavy atom. The van der Waals surface area contributed by atoms with Crippen molar-refractivity contribution >= 4 is 11.7 Å². The van der Waals surface area contributed by atoms with Gasteiger partial charge in [-0.3, -0.25) is 9.69 Å². The van der Waals surface area contributed by atoms with Crippen molar-refractivity contribution in [2.24, 2.45) is 0 Å². The van der Waals surface area contributed by atoms with Crippen molar-refractivity contribution in [1.29, 1.82) is 0 Å². The number of carbonyl (C=O) groups is 1. The molecule has 0 radical (unpaired) electrons. The summed E-state index contributed by atoms with van der Waals surface area (Å²) in [6.45, 7) is 2.68. The van der Waals surface area contributed by atoms with Crippen LogP contribution >= 0.6 is 0 Å². The van der Waals surface area contributed by atoms with Crippen LogP contribution in [0, 0.1) is 6.92 Å². The first kappa shape index (κ1) is 8.16. The number of aromatic nitrogens is 2. The van der Waals surface area contributed by atoms with Crippen LogP contribution in [0.3, 0.4) is 0 Å². The minimum absolute atomic E-state index is 0.165. The summed E-state index contributed by atoms with van der Waals surface area (Å²) >= 11 is 0. The summed E-state index contributed by atoms with van der Waals surface area (Å²) in [6, 6.07) is 1.84. The lowest BCUT2D eigenvalue weighted by Crippen LogP contribution is -2.24. The molecule has 4 heteroatoms. The summed E-state index contributed by atoms with van der Waals surface area (Å²) in [6.07, 6.45) is 3.07. The Bertz CT molecular complexity index is 337. The lowest BCUT2D eigenvalue weighted by atomic mass is 10.4. The Hall–Kier alpha value is -1.45. The van der Waals surface area contributed by atoms with E-state index in [1.165, 1.54) is 6.33 Å². The van der Waals surface area contributed by atoms with Crippen LogP contribution in [0.2, 0.25) is 0 Å². The van der Waals surface area contributed by atoms with E-state index in [0.717, 1.165) is 24.5 Å². The zero-order valence-electron chi connectivity index (χ0n) is 7.53. The Balaban J connectivity index is 2.29. The van der Waals surface area contributed by atoms with Crippen molar-refractivity contribution in [3.63, 3.8) is 0 Å². The topological polar surface area (TPSA) is 46.1 Å². The van der Waals surface area contributed by atoms with E-state index in [0.29, 0.717) is 6.42 Å². The van der Waals surface area contributed by atoms with Crippen molar-refractivity contribution in [3.05, 3.63) is 18.1 Å². The van der Waals surface area contributed by atoms with Gasteiger partial charge in [0.15, 0.2) is 0 Å². The second kappa shape index (κ2) is 3.12. The summed E-state index contributed by atoms with van der Waals surface area (Å²) in [7, 11) is 0. The molecule has 0 N–H and O–H groups in total. The average molecular weight is 177 g/mol. The van der Waals surface area contributed by atoms with Gasteiger partial charge in [0.1, 0.15) is 12.1 Å². The zero-order chi connectivity index (χ0) is 9.26. The lowest BCUT2D eigenvalue weighted by Gasteiger charge is -2.13. The number of rotatable bonds is 1. The number of hydrogen-bond donors (Lipinski definition) is 0. The first-order valence-electron chi connectivity index (χ1n) is 4.36. The third kappa shape index (κ3) is 1.52. The molecule has 68 valence electrons. The smallest absolute Gasteiger partial charge is 0.228 e. The first-order chi connectivity index (χ1) is 6.27. The maximum Gasteiger partial charge on any atom is 0.228 e. The van der Waals surface area contributed by atoms with E-state index in [4.69, 9.17) is 0 Å². The molecule has 0 spiro atoms. The predicted molar refractivity (Wildman–Crippen MR) is 48.4 cm³/mol. The molecular formula is C9H11N3O. The molecule has 4 nitrogen and oxygen atoms in total. The largest absolute Gasteiger partial charge is 0.297 e. The average Bonchev–Trinajstić information content (AvgIpc) is 2.51. The van der Waals surface area contributed by atoms with Gasteiger partial charge in [-0.15, -0.1) is 0 Å². The van der Waals surface area contributed by atoms with Crippen LogP contribution in [0.1, 0.15) is 18.5 Å². The fraction of sp³-hybridized carbons (Fsp3) is 0.444. The van der Waals surface area contributed by atoms with Gasteiger partial charge in [0.2, 0.25) is 5.91 Å². The van der Waals surface area contributed by atoms with Crippen LogP contribution in [0.15, 0.2) is 12.4 Å². The molecule has 0 aliphatic carbocycles. The predicted octanol–water partition coefficient (Wildman–Crippen LogP) is 0.912. The highest BCUT2D eigenvalue weighted by atomic mass is 16.2. The van der Waals surface area contributed by atoms with Crippen LogP contribution in [0.25, 0.3) is 0 Å². The zero-order valence-corrected chi connectivity index (χ0v) is 7.53. The molecule has 1 saturated heterocycles. The maximum atomic E-state index is 11.4. The van der Waals surface area contributed by atoms with Crippen LogP contribution in [-0.4, -0.2) is 22.4 Å². The van der Waals surface area contributed by atoms with E-state index in [1.807, 2.05) is 13.0 Å². The van der Waals surface area contributed by atoms with Gasteiger partial charge in [-0.25, -0.2) is 9.97 Å². The molecule has 0 atom stereocenters. The normalized spacial score (nSPS) is 16.7. The summed E-state index contributed by atoms with van der Waals surface area (Å²) < 4.78 is 0. The summed E-state index contributed by atoms with van der Waals surface area (Å²) in [5, 5.41) is 0. The van der Waals surface area contributed by atoms with E-state index in [1.54, 1.807) is 4.90 Å². The molecule has 0 aromatic carbocycles. The number of anilines is 1. The van der Waals surface area contributed by atoms with Crippen molar-refractivity contribution in [2.75, 3.05) is 11.4 Å². The van der Waals surface area contributed by atoms with Gasteiger partial charge < -0.3 is 0 Å². The van der Waals surface area contributed by atoms with Gasteiger partial charge in [0.25, 0.3) is 0 Å². The Morgan fingerprint density at radius 1 is 1.46 bits per heavy atom. The first-order valence-corrected chi connectivity index (χ1v) is 4.36. The van der Waals surface area contributed by atoms with E-state index in [9.17, 15) is 4.79 Å². The molecule has 1 aliphatic heterocycles. The Labute approximate surface area is 76.6 Å². The molecule has 0 unspecified atom stereocenters. The lowest BCUT2D eigenvalue weighted by molar-refractivity contribution is -0.117. The number of hydrogen-bond acceptors (Lipinski definition) is 3. The molecule has 2 heterocycles. The molecule has 0 saturated carbocycles. The highest BCUT2D eigenvalue weighted by Crippen LogP contribution is 2.18. The van der Waals surface area contributed by atoms with Crippen molar-refractivity contribution in [3.8, 4) is 0 Å². The quantitative estimate of drug-likeness (QED) is 0.640. The number of nitrogens with zero attached hydrogens (tertiary/aromatic N) is 3. The van der Waals surface area contributed by atoms with E-state index < -0.39 is 0 Å². The van der Waals surface area contributed by atoms with Gasteiger partial charge in [-0.05, 0) is 13.3 Å². The van der Waals surface area contributed by atoms with Crippen LogP contribution in [-0.2, 0) is 4.79 Å². The summed E-state index contributed by atoms with van der Waals surface area (Å²) in [5.74, 6) is 0.896. The van der Waals surface area contributed by atoms with Crippen LogP contribution < -0.4 is 4.90 Å². The Morgan fingerprint density at radius 3 is 2.92 bits per heavy atom. The monoisotopic (exact) mass is 177 g/mol. The van der Waals surface area contributed by atoms with E-state index >= 15 is 0 Å².